The highest BCUT2D eigenvalue weighted by Gasteiger charge is 2.11. The summed E-state index contributed by atoms with van der Waals surface area (Å²) in [6.07, 6.45) is 0. The van der Waals surface area contributed by atoms with Crippen LogP contribution in [0.1, 0.15) is 6.92 Å². The van der Waals surface area contributed by atoms with Gasteiger partial charge in [-0.05, 0) is 41.6 Å². The molecule has 0 aliphatic carbocycles. The van der Waals surface area contributed by atoms with Gasteiger partial charge in [0.2, 0.25) is 5.82 Å². The van der Waals surface area contributed by atoms with Gasteiger partial charge in [0.25, 0.3) is 0 Å². The average Bonchev–Trinajstić information content (AvgIpc) is 2.07. The average molecular weight is 284 g/mol. The molecule has 0 saturated heterocycles. The molecule has 12 heavy (non-hydrogen) atoms. The quantitative estimate of drug-likeness (QED) is 0.599. The molecule has 1 aromatic carbocycles. The van der Waals surface area contributed by atoms with Crippen LogP contribution in [0.15, 0.2) is 12.1 Å². The maximum Gasteiger partial charge on any atom is 0.201 e. The lowest BCUT2D eigenvalue weighted by Gasteiger charge is -2.05. The van der Waals surface area contributed by atoms with Crippen LogP contribution in [-0.2, 0) is 0 Å². The van der Waals surface area contributed by atoms with Gasteiger partial charge in [0, 0.05) is 0 Å². The Balaban J connectivity index is 3.08. The lowest BCUT2D eigenvalue weighted by atomic mass is 10.3. The van der Waals surface area contributed by atoms with E-state index in [-0.39, 0.29) is 9.32 Å². The SMILES string of the molecule is CCOc1ccc(I)c(F)c1F. The fourth-order valence-electron chi connectivity index (χ4n) is 0.775. The Morgan fingerprint density at radius 1 is 1.33 bits per heavy atom. The van der Waals surface area contributed by atoms with Crippen molar-refractivity contribution in [3.63, 3.8) is 0 Å². The van der Waals surface area contributed by atoms with E-state index in [2.05, 4.69) is 0 Å². The minimum atomic E-state index is -0.913. The molecular formula is C8H7F2IO. The van der Waals surface area contributed by atoms with E-state index in [1.807, 2.05) is 0 Å². The van der Waals surface area contributed by atoms with Crippen LogP contribution in [0.2, 0.25) is 0 Å². The summed E-state index contributed by atoms with van der Waals surface area (Å²) in [5, 5.41) is 0. The molecule has 0 heterocycles. The van der Waals surface area contributed by atoms with E-state index in [0.29, 0.717) is 6.61 Å². The zero-order valence-electron chi connectivity index (χ0n) is 6.40. The third-order valence-electron chi connectivity index (χ3n) is 1.30. The molecule has 0 aliphatic heterocycles. The number of hydrogen-bond acceptors (Lipinski definition) is 1. The van der Waals surface area contributed by atoms with Gasteiger partial charge in [-0.1, -0.05) is 0 Å². The van der Waals surface area contributed by atoms with Crippen molar-refractivity contribution in [3.8, 4) is 5.75 Å². The maximum absolute atomic E-state index is 12.9. The number of ether oxygens (including phenoxy) is 1. The Bertz CT molecular complexity index is 289. The van der Waals surface area contributed by atoms with E-state index in [0.717, 1.165) is 0 Å². The highest BCUT2D eigenvalue weighted by molar-refractivity contribution is 14.1. The zero-order valence-corrected chi connectivity index (χ0v) is 8.56. The summed E-state index contributed by atoms with van der Waals surface area (Å²) in [6.45, 7) is 2.05. The third kappa shape index (κ3) is 1.85. The largest absolute Gasteiger partial charge is 0.491 e. The van der Waals surface area contributed by atoms with Crippen LogP contribution in [-0.4, -0.2) is 6.61 Å². The second kappa shape index (κ2) is 4.02. The van der Waals surface area contributed by atoms with Gasteiger partial charge in [0.1, 0.15) is 0 Å². The third-order valence-corrected chi connectivity index (χ3v) is 2.13. The first-order valence-corrected chi connectivity index (χ1v) is 4.51. The van der Waals surface area contributed by atoms with E-state index < -0.39 is 11.6 Å². The fourth-order valence-corrected chi connectivity index (χ4v) is 1.19. The Morgan fingerprint density at radius 3 is 2.58 bits per heavy atom. The molecule has 0 spiro atoms. The van der Waals surface area contributed by atoms with E-state index >= 15 is 0 Å². The van der Waals surface area contributed by atoms with Gasteiger partial charge in [-0.2, -0.15) is 4.39 Å². The van der Waals surface area contributed by atoms with Crippen molar-refractivity contribution in [1.82, 2.24) is 0 Å². The second-order valence-corrected chi connectivity index (χ2v) is 3.27. The van der Waals surface area contributed by atoms with Crippen molar-refractivity contribution in [2.75, 3.05) is 6.61 Å². The first-order valence-electron chi connectivity index (χ1n) is 3.43. The lowest BCUT2D eigenvalue weighted by Crippen LogP contribution is -1.98. The molecule has 66 valence electrons. The molecule has 0 aromatic heterocycles. The predicted octanol–water partition coefficient (Wildman–Crippen LogP) is 2.97. The van der Waals surface area contributed by atoms with Gasteiger partial charge >= 0.3 is 0 Å². The molecule has 0 radical (unpaired) electrons. The molecule has 0 atom stereocenters. The standard InChI is InChI=1S/C8H7F2IO/c1-2-12-6-4-3-5(11)7(9)8(6)10/h3-4H,2H2,1H3. The molecule has 0 fully saturated rings. The van der Waals surface area contributed by atoms with Gasteiger partial charge in [-0.25, -0.2) is 4.39 Å². The summed E-state index contributed by atoms with van der Waals surface area (Å²) in [5.41, 5.74) is 0. The molecule has 0 unspecified atom stereocenters. The summed E-state index contributed by atoms with van der Waals surface area (Å²) >= 11 is 1.72. The summed E-state index contributed by atoms with van der Waals surface area (Å²) in [5.74, 6) is -1.79. The highest BCUT2D eigenvalue weighted by atomic mass is 127. The number of halogens is 3. The minimum Gasteiger partial charge on any atom is -0.491 e. The van der Waals surface area contributed by atoms with E-state index in [1.54, 1.807) is 29.5 Å². The van der Waals surface area contributed by atoms with Crippen LogP contribution in [0, 0.1) is 15.2 Å². The summed E-state index contributed by atoms with van der Waals surface area (Å²) < 4.78 is 30.9. The Morgan fingerprint density at radius 2 is 2.00 bits per heavy atom. The molecule has 0 bridgehead atoms. The van der Waals surface area contributed by atoms with Gasteiger partial charge in [0.05, 0.1) is 10.2 Å². The lowest BCUT2D eigenvalue weighted by molar-refractivity contribution is 0.313. The molecule has 0 N–H and O–H groups in total. The summed E-state index contributed by atoms with van der Waals surface area (Å²) in [7, 11) is 0. The van der Waals surface area contributed by atoms with Gasteiger partial charge in [0.15, 0.2) is 11.6 Å². The Kier molecular flexibility index (Phi) is 3.25. The van der Waals surface area contributed by atoms with Gasteiger partial charge in [-0.15, -0.1) is 0 Å². The normalized spacial score (nSPS) is 10.0. The molecular weight excluding hydrogens is 277 g/mol. The number of benzene rings is 1. The molecule has 1 aromatic rings. The van der Waals surface area contributed by atoms with Gasteiger partial charge < -0.3 is 4.74 Å². The Labute approximate surface area is 82.9 Å². The van der Waals surface area contributed by atoms with Crippen molar-refractivity contribution in [2.45, 2.75) is 6.92 Å². The minimum absolute atomic E-state index is 0.0320. The number of hydrogen-bond donors (Lipinski definition) is 0. The van der Waals surface area contributed by atoms with Gasteiger partial charge in [-0.3, -0.25) is 0 Å². The Hall–Kier alpha value is -0.390. The molecule has 0 aliphatic rings. The first-order chi connectivity index (χ1) is 5.66. The van der Waals surface area contributed by atoms with Crippen molar-refractivity contribution >= 4 is 22.6 Å². The van der Waals surface area contributed by atoms with Crippen LogP contribution in [0.5, 0.6) is 5.75 Å². The maximum atomic E-state index is 12.9. The van der Waals surface area contributed by atoms with Crippen LogP contribution in [0.3, 0.4) is 0 Å². The molecule has 4 heteroatoms. The smallest absolute Gasteiger partial charge is 0.201 e. The zero-order chi connectivity index (χ0) is 9.14. The van der Waals surface area contributed by atoms with Crippen LogP contribution < -0.4 is 4.74 Å². The molecule has 0 amide bonds. The van der Waals surface area contributed by atoms with Crippen molar-refractivity contribution in [3.05, 3.63) is 27.3 Å². The first kappa shape index (κ1) is 9.70. The van der Waals surface area contributed by atoms with E-state index in [9.17, 15) is 8.78 Å². The molecule has 1 rings (SSSR count). The summed E-state index contributed by atoms with van der Waals surface area (Å²) in [6, 6.07) is 2.90. The van der Waals surface area contributed by atoms with Crippen molar-refractivity contribution < 1.29 is 13.5 Å². The second-order valence-electron chi connectivity index (χ2n) is 2.11. The fraction of sp³-hybridized carbons (Fsp3) is 0.250. The summed E-state index contributed by atoms with van der Waals surface area (Å²) in [4.78, 5) is 0. The van der Waals surface area contributed by atoms with Crippen molar-refractivity contribution in [2.24, 2.45) is 0 Å². The molecule has 0 saturated carbocycles. The van der Waals surface area contributed by atoms with Crippen molar-refractivity contribution in [1.29, 1.82) is 0 Å². The van der Waals surface area contributed by atoms with Crippen LogP contribution >= 0.6 is 22.6 Å². The van der Waals surface area contributed by atoms with Crippen LogP contribution in [0.25, 0.3) is 0 Å². The highest BCUT2D eigenvalue weighted by Crippen LogP contribution is 2.23. The van der Waals surface area contributed by atoms with E-state index in [1.165, 1.54) is 12.1 Å². The van der Waals surface area contributed by atoms with Crippen LogP contribution in [0.4, 0.5) is 8.78 Å². The molecule has 1 nitrogen and oxygen atoms in total. The predicted molar refractivity (Wildman–Crippen MR) is 50.2 cm³/mol. The topological polar surface area (TPSA) is 9.23 Å². The number of rotatable bonds is 2. The van der Waals surface area contributed by atoms with E-state index in [4.69, 9.17) is 4.74 Å². The monoisotopic (exact) mass is 284 g/mol.